The highest BCUT2D eigenvalue weighted by Crippen LogP contribution is 2.14. The third-order valence-corrected chi connectivity index (χ3v) is 3.66. The van der Waals surface area contributed by atoms with Gasteiger partial charge in [0.15, 0.2) is 0 Å². The standard InChI is InChI=1S/C16H14N6O3S2/c1-10(13-4-2-3-9-17-13)18-19-16(26)22(20-15(25)21-27)12-7-5-11(6-8-12)14(23)24/h2-9H,1H3,(H,19,26)(H,20,25)(H,23,24). The van der Waals surface area contributed by atoms with Gasteiger partial charge < -0.3 is 5.11 Å². The summed E-state index contributed by atoms with van der Waals surface area (Å²) >= 11 is 9.62. The Bertz CT molecular complexity index is 887. The van der Waals surface area contributed by atoms with E-state index in [0.29, 0.717) is 17.1 Å². The van der Waals surface area contributed by atoms with Gasteiger partial charge in [-0.25, -0.2) is 20.0 Å². The first kappa shape index (κ1) is 20.0. The van der Waals surface area contributed by atoms with E-state index in [-0.39, 0.29) is 10.7 Å². The molecular weight excluding hydrogens is 388 g/mol. The zero-order valence-electron chi connectivity index (χ0n) is 14.0. The molecule has 1 heterocycles. The molecule has 1 aromatic carbocycles. The molecule has 27 heavy (non-hydrogen) atoms. The lowest BCUT2D eigenvalue weighted by Crippen LogP contribution is -2.49. The van der Waals surface area contributed by atoms with Gasteiger partial charge in [0.25, 0.3) is 0 Å². The number of hydrazine groups is 1. The molecule has 0 saturated heterocycles. The van der Waals surface area contributed by atoms with Crippen LogP contribution < -0.4 is 15.9 Å². The van der Waals surface area contributed by atoms with Gasteiger partial charge >= 0.3 is 12.0 Å². The van der Waals surface area contributed by atoms with Crippen LogP contribution in [0, 0.1) is 0 Å². The summed E-state index contributed by atoms with van der Waals surface area (Å²) in [5.41, 5.74) is 6.71. The minimum Gasteiger partial charge on any atom is -0.478 e. The first-order valence-corrected chi connectivity index (χ1v) is 8.23. The molecule has 0 fully saturated rings. The smallest absolute Gasteiger partial charge is 0.371 e. The average Bonchev–Trinajstić information content (AvgIpc) is 2.70. The molecule has 2 rings (SSSR count). The molecular formula is C16H14N6O3S2. The number of nitrogens with one attached hydrogen (secondary N) is 2. The van der Waals surface area contributed by atoms with Gasteiger partial charge in [0, 0.05) is 18.6 Å². The number of carbonyl (C=O) groups is 2. The first-order chi connectivity index (χ1) is 12.9. The van der Waals surface area contributed by atoms with Crippen molar-refractivity contribution in [1.29, 1.82) is 0 Å². The normalized spacial score (nSPS) is 10.6. The Morgan fingerprint density at radius 3 is 2.44 bits per heavy atom. The number of carbonyl (C=O) groups excluding carboxylic acids is 1. The Labute approximate surface area is 165 Å². The van der Waals surface area contributed by atoms with Gasteiger partial charge in [0.05, 0.1) is 22.7 Å². The van der Waals surface area contributed by atoms with Crippen molar-refractivity contribution in [3.05, 3.63) is 59.9 Å². The summed E-state index contributed by atoms with van der Waals surface area (Å²) in [6.45, 7) is 1.74. The molecule has 0 unspecified atom stereocenters. The minimum atomic E-state index is -1.08. The van der Waals surface area contributed by atoms with Crippen molar-refractivity contribution < 1.29 is 14.7 Å². The average molecular weight is 402 g/mol. The van der Waals surface area contributed by atoms with Crippen LogP contribution in [0.5, 0.6) is 0 Å². The fourth-order valence-corrected chi connectivity index (χ4v) is 2.15. The predicted octanol–water partition coefficient (Wildman–Crippen LogP) is 2.24. The van der Waals surface area contributed by atoms with Crippen LogP contribution in [-0.2, 0) is 12.4 Å². The molecule has 0 aliphatic carbocycles. The second-order valence-corrected chi connectivity index (χ2v) is 5.59. The molecule has 11 heteroatoms. The van der Waals surface area contributed by atoms with E-state index in [1.54, 1.807) is 25.3 Å². The van der Waals surface area contributed by atoms with Crippen LogP contribution >= 0.6 is 12.2 Å². The number of anilines is 1. The highest BCUT2D eigenvalue weighted by molar-refractivity contribution is 7.80. The zero-order valence-corrected chi connectivity index (χ0v) is 15.6. The van der Waals surface area contributed by atoms with Crippen molar-refractivity contribution in [2.45, 2.75) is 6.92 Å². The van der Waals surface area contributed by atoms with Gasteiger partial charge in [-0.05, 0) is 55.5 Å². The fraction of sp³-hybridized carbons (Fsp3) is 0.0625. The molecule has 1 aromatic heterocycles. The lowest BCUT2D eigenvalue weighted by Gasteiger charge is -2.23. The van der Waals surface area contributed by atoms with E-state index >= 15 is 0 Å². The number of nitrogens with zero attached hydrogens (tertiary/aromatic N) is 4. The molecule has 0 aliphatic rings. The van der Waals surface area contributed by atoms with Crippen LogP contribution in [0.2, 0.25) is 0 Å². The van der Waals surface area contributed by atoms with E-state index < -0.39 is 12.0 Å². The summed E-state index contributed by atoms with van der Waals surface area (Å²) in [7, 11) is 0. The number of aromatic carboxylic acids is 1. The highest BCUT2D eigenvalue weighted by Gasteiger charge is 2.16. The number of urea groups is 1. The van der Waals surface area contributed by atoms with Gasteiger partial charge in [0.2, 0.25) is 5.11 Å². The molecule has 0 spiro atoms. The molecule has 0 bridgehead atoms. The number of rotatable bonds is 4. The molecule has 0 atom stereocenters. The number of hydrazone groups is 1. The summed E-state index contributed by atoms with van der Waals surface area (Å²) in [5.74, 6) is -1.08. The van der Waals surface area contributed by atoms with E-state index in [2.05, 4.69) is 37.7 Å². The number of amides is 2. The van der Waals surface area contributed by atoms with Gasteiger partial charge in [0.1, 0.15) is 0 Å². The van der Waals surface area contributed by atoms with Crippen molar-refractivity contribution in [3.8, 4) is 0 Å². The number of carboxylic acids is 1. The number of hydrogen-bond acceptors (Lipinski definition) is 6. The van der Waals surface area contributed by atoms with Crippen molar-refractivity contribution in [3.63, 3.8) is 0 Å². The number of benzene rings is 1. The van der Waals surface area contributed by atoms with Crippen molar-refractivity contribution in [2.75, 3.05) is 5.01 Å². The maximum atomic E-state index is 11.6. The second kappa shape index (κ2) is 9.40. The molecule has 0 aliphatic heterocycles. The first-order valence-electron chi connectivity index (χ1n) is 7.45. The van der Waals surface area contributed by atoms with Crippen molar-refractivity contribution in [2.24, 2.45) is 9.46 Å². The van der Waals surface area contributed by atoms with Crippen LogP contribution in [0.25, 0.3) is 0 Å². The maximum absolute atomic E-state index is 11.6. The third kappa shape index (κ3) is 5.59. The Kier molecular flexibility index (Phi) is 6.97. The topological polar surface area (TPSA) is 119 Å². The lowest BCUT2D eigenvalue weighted by molar-refractivity contribution is 0.0697. The van der Waals surface area contributed by atoms with E-state index in [1.165, 1.54) is 29.3 Å². The van der Waals surface area contributed by atoms with Crippen molar-refractivity contribution >= 4 is 53.2 Å². The zero-order chi connectivity index (χ0) is 19.8. The highest BCUT2D eigenvalue weighted by atomic mass is 32.1. The fourth-order valence-electron chi connectivity index (χ4n) is 1.92. The van der Waals surface area contributed by atoms with Gasteiger partial charge in [-0.15, -0.1) is 4.36 Å². The van der Waals surface area contributed by atoms with E-state index in [4.69, 9.17) is 17.3 Å². The molecule has 2 aromatic rings. The van der Waals surface area contributed by atoms with Gasteiger partial charge in [-0.2, -0.15) is 5.10 Å². The molecule has 2 amide bonds. The second-order valence-electron chi connectivity index (χ2n) is 5.02. The summed E-state index contributed by atoms with van der Waals surface area (Å²) in [4.78, 5) is 26.7. The molecule has 0 radical (unpaired) electrons. The van der Waals surface area contributed by atoms with Crippen LogP contribution in [0.3, 0.4) is 0 Å². The lowest BCUT2D eigenvalue weighted by atomic mass is 10.2. The summed E-state index contributed by atoms with van der Waals surface area (Å²) < 4.78 is 3.09. The Hall–Kier alpha value is -3.31. The molecule has 138 valence electrons. The van der Waals surface area contributed by atoms with E-state index in [0.717, 1.165) is 0 Å². The summed E-state index contributed by atoms with van der Waals surface area (Å²) in [6.07, 6.45) is 1.63. The van der Waals surface area contributed by atoms with E-state index in [1.807, 2.05) is 6.07 Å². The van der Waals surface area contributed by atoms with Crippen LogP contribution in [-0.4, -0.2) is 32.9 Å². The monoisotopic (exact) mass is 402 g/mol. The molecule has 9 nitrogen and oxygen atoms in total. The number of carboxylic acid groups (broad SMARTS) is 1. The maximum Gasteiger partial charge on any atom is 0.371 e. The van der Waals surface area contributed by atoms with Crippen molar-refractivity contribution in [1.82, 2.24) is 15.8 Å². The van der Waals surface area contributed by atoms with Gasteiger partial charge in [-0.3, -0.25) is 10.4 Å². The Morgan fingerprint density at radius 2 is 1.89 bits per heavy atom. The summed E-state index contributed by atoms with van der Waals surface area (Å²) in [6, 6.07) is 10.2. The quantitative estimate of drug-likeness (QED) is 0.405. The van der Waals surface area contributed by atoms with Crippen LogP contribution in [0.1, 0.15) is 23.0 Å². The summed E-state index contributed by atoms with van der Waals surface area (Å²) in [5, 5.41) is 14.3. The van der Waals surface area contributed by atoms with Crippen LogP contribution in [0.4, 0.5) is 10.5 Å². The largest absolute Gasteiger partial charge is 0.478 e. The van der Waals surface area contributed by atoms with Gasteiger partial charge in [-0.1, -0.05) is 6.07 Å². The predicted molar refractivity (Wildman–Crippen MR) is 106 cm³/mol. The number of thiocarbonyl (C=S) groups is 1. The Balaban J connectivity index is 2.22. The van der Waals surface area contributed by atoms with Crippen LogP contribution in [0.15, 0.2) is 58.1 Å². The minimum absolute atomic E-state index is 0.0142. The molecule has 3 N–H and O–H groups in total. The SMILES string of the molecule is CC(=NNC(=S)N(NC(=O)N=S)c1ccc(C(=O)O)cc1)c1ccccn1. The number of aromatic nitrogens is 1. The Morgan fingerprint density at radius 1 is 1.19 bits per heavy atom. The number of pyridine rings is 1. The van der Waals surface area contributed by atoms with E-state index in [9.17, 15) is 9.59 Å². The third-order valence-electron chi connectivity index (χ3n) is 3.22. The molecule has 0 saturated carbocycles. The number of hydrogen-bond donors (Lipinski definition) is 3.